The van der Waals surface area contributed by atoms with E-state index in [4.69, 9.17) is 28.9 Å². The Labute approximate surface area is 98.6 Å². The largest absolute Gasteiger partial charge is 0.329 e. The van der Waals surface area contributed by atoms with Crippen LogP contribution in [0.25, 0.3) is 0 Å². The van der Waals surface area contributed by atoms with Crippen molar-refractivity contribution in [3.8, 4) is 0 Å². The van der Waals surface area contributed by atoms with E-state index in [9.17, 15) is 0 Å². The second-order valence-corrected chi connectivity index (χ2v) is 5.21. The van der Waals surface area contributed by atoms with Gasteiger partial charge >= 0.3 is 0 Å². The fourth-order valence-electron chi connectivity index (χ4n) is 1.06. The minimum Gasteiger partial charge on any atom is -0.329 e. The molecule has 1 atom stereocenters. The molecular formula is C9H14Cl2N2S. The van der Waals surface area contributed by atoms with E-state index in [-0.39, 0.29) is 0 Å². The Kier molecular flexibility index (Phi) is 4.67. The normalized spacial score (nSPS) is 13.6. The molecule has 0 aliphatic heterocycles. The molecule has 0 spiro atoms. The highest BCUT2D eigenvalue weighted by Crippen LogP contribution is 2.33. The molecule has 1 aromatic heterocycles. The Balaban J connectivity index is 2.64. The third-order valence-corrected chi connectivity index (χ3v) is 4.18. The van der Waals surface area contributed by atoms with Crippen LogP contribution in [-0.2, 0) is 6.54 Å². The molecule has 0 saturated heterocycles. The van der Waals surface area contributed by atoms with Gasteiger partial charge in [-0.25, -0.2) is 0 Å². The minimum atomic E-state index is 0.352. The van der Waals surface area contributed by atoms with Crippen molar-refractivity contribution in [2.75, 3.05) is 13.6 Å². The second-order valence-electron chi connectivity index (χ2n) is 3.35. The van der Waals surface area contributed by atoms with Gasteiger partial charge in [-0.1, -0.05) is 23.2 Å². The number of nitrogens with zero attached hydrogens (tertiary/aromatic N) is 1. The molecule has 0 saturated carbocycles. The van der Waals surface area contributed by atoms with E-state index in [2.05, 4.69) is 11.8 Å². The van der Waals surface area contributed by atoms with E-state index in [0.717, 1.165) is 12.1 Å². The maximum absolute atomic E-state index is 6.02. The molecule has 5 heteroatoms. The summed E-state index contributed by atoms with van der Waals surface area (Å²) >= 11 is 13.4. The lowest BCUT2D eigenvalue weighted by Crippen LogP contribution is -2.34. The summed E-state index contributed by atoms with van der Waals surface area (Å²) < 4.78 is 0.662. The summed E-state index contributed by atoms with van der Waals surface area (Å²) in [5.41, 5.74) is 6.65. The van der Waals surface area contributed by atoms with Gasteiger partial charge in [0.05, 0.1) is 5.02 Å². The van der Waals surface area contributed by atoms with Gasteiger partial charge in [0, 0.05) is 19.1 Å². The van der Waals surface area contributed by atoms with Crippen molar-refractivity contribution in [1.82, 2.24) is 4.90 Å². The van der Waals surface area contributed by atoms with Crippen molar-refractivity contribution >= 4 is 34.5 Å². The van der Waals surface area contributed by atoms with Gasteiger partial charge in [0.1, 0.15) is 4.34 Å². The van der Waals surface area contributed by atoms with Crippen molar-refractivity contribution in [3.05, 3.63) is 20.3 Å². The zero-order chi connectivity index (χ0) is 10.7. The first-order valence-electron chi connectivity index (χ1n) is 4.38. The first kappa shape index (κ1) is 12.3. The van der Waals surface area contributed by atoms with Crippen molar-refractivity contribution in [2.45, 2.75) is 19.5 Å². The lowest BCUT2D eigenvalue weighted by molar-refractivity contribution is 0.255. The van der Waals surface area contributed by atoms with Gasteiger partial charge in [-0.15, -0.1) is 11.3 Å². The van der Waals surface area contributed by atoms with E-state index in [1.54, 1.807) is 0 Å². The van der Waals surface area contributed by atoms with E-state index in [1.165, 1.54) is 11.3 Å². The third-order valence-electron chi connectivity index (χ3n) is 2.27. The quantitative estimate of drug-likeness (QED) is 0.894. The Morgan fingerprint density at radius 3 is 2.64 bits per heavy atom. The Morgan fingerprint density at radius 2 is 2.21 bits per heavy atom. The molecule has 0 aromatic carbocycles. The van der Waals surface area contributed by atoms with Crippen LogP contribution in [0.1, 0.15) is 12.5 Å². The average Bonchev–Trinajstić information content (AvgIpc) is 2.48. The minimum absolute atomic E-state index is 0.352. The first-order chi connectivity index (χ1) is 6.56. The summed E-state index contributed by atoms with van der Waals surface area (Å²) in [5, 5.41) is 2.66. The number of hydrogen-bond donors (Lipinski definition) is 1. The molecular weight excluding hydrogens is 239 g/mol. The molecule has 0 aliphatic carbocycles. The van der Waals surface area contributed by atoms with E-state index in [1.807, 2.05) is 12.4 Å². The molecule has 2 nitrogen and oxygen atoms in total. The van der Waals surface area contributed by atoms with Crippen molar-refractivity contribution in [1.29, 1.82) is 0 Å². The van der Waals surface area contributed by atoms with Crippen molar-refractivity contribution in [2.24, 2.45) is 5.73 Å². The van der Waals surface area contributed by atoms with Crippen LogP contribution >= 0.6 is 34.5 Å². The zero-order valence-electron chi connectivity index (χ0n) is 8.26. The average molecular weight is 253 g/mol. The number of thiophene rings is 1. The fraction of sp³-hybridized carbons (Fsp3) is 0.556. The molecule has 1 rings (SSSR count). The number of nitrogens with two attached hydrogens (primary N) is 1. The Morgan fingerprint density at radius 1 is 1.57 bits per heavy atom. The molecule has 1 unspecified atom stereocenters. The fourth-order valence-corrected chi connectivity index (χ4v) is 2.30. The van der Waals surface area contributed by atoms with Crippen molar-refractivity contribution in [3.63, 3.8) is 0 Å². The van der Waals surface area contributed by atoms with E-state index >= 15 is 0 Å². The number of hydrogen-bond acceptors (Lipinski definition) is 3. The highest BCUT2D eigenvalue weighted by molar-refractivity contribution is 7.15. The highest BCUT2D eigenvalue weighted by Gasteiger charge is 2.12. The van der Waals surface area contributed by atoms with Crippen LogP contribution in [-0.4, -0.2) is 24.5 Å². The van der Waals surface area contributed by atoms with Crippen molar-refractivity contribution < 1.29 is 0 Å². The van der Waals surface area contributed by atoms with Crippen LogP contribution in [0.15, 0.2) is 5.38 Å². The molecule has 1 heterocycles. The molecule has 0 fully saturated rings. The maximum Gasteiger partial charge on any atom is 0.112 e. The van der Waals surface area contributed by atoms with Crippen LogP contribution in [0.2, 0.25) is 9.36 Å². The van der Waals surface area contributed by atoms with Crippen LogP contribution in [0.3, 0.4) is 0 Å². The molecule has 1 aromatic rings. The standard InChI is InChI=1S/C9H14Cl2N2S/c1-6(3-12)13(2)4-7-5-14-9(11)8(7)10/h5-6H,3-4,12H2,1-2H3. The lowest BCUT2D eigenvalue weighted by Gasteiger charge is -2.22. The molecule has 14 heavy (non-hydrogen) atoms. The van der Waals surface area contributed by atoms with Gasteiger partial charge in [-0.2, -0.15) is 0 Å². The predicted octanol–water partition coefficient (Wildman–Crippen LogP) is 2.83. The lowest BCUT2D eigenvalue weighted by atomic mass is 10.2. The van der Waals surface area contributed by atoms with Crippen LogP contribution in [0.5, 0.6) is 0 Å². The summed E-state index contributed by atoms with van der Waals surface area (Å²) in [6.07, 6.45) is 0. The second kappa shape index (κ2) is 5.33. The highest BCUT2D eigenvalue weighted by atomic mass is 35.5. The Bertz CT molecular complexity index is 301. The van der Waals surface area contributed by atoms with Gasteiger partial charge in [-0.3, -0.25) is 4.90 Å². The predicted molar refractivity (Wildman–Crippen MR) is 64.3 cm³/mol. The van der Waals surface area contributed by atoms with Gasteiger partial charge in [0.2, 0.25) is 0 Å². The van der Waals surface area contributed by atoms with Gasteiger partial charge in [0.15, 0.2) is 0 Å². The molecule has 0 aliphatic rings. The third kappa shape index (κ3) is 2.84. The summed E-state index contributed by atoms with van der Waals surface area (Å²) in [6.45, 7) is 3.52. The molecule has 0 bridgehead atoms. The zero-order valence-corrected chi connectivity index (χ0v) is 10.6. The summed E-state index contributed by atoms with van der Waals surface area (Å²) in [6, 6.07) is 0.352. The number of likely N-dealkylation sites (N-methyl/N-ethyl adjacent to an activating group) is 1. The molecule has 0 amide bonds. The smallest absolute Gasteiger partial charge is 0.112 e. The monoisotopic (exact) mass is 252 g/mol. The van der Waals surface area contributed by atoms with E-state index in [0.29, 0.717) is 21.9 Å². The maximum atomic E-state index is 6.02. The first-order valence-corrected chi connectivity index (χ1v) is 6.01. The van der Waals surface area contributed by atoms with Crippen LogP contribution in [0.4, 0.5) is 0 Å². The van der Waals surface area contributed by atoms with Gasteiger partial charge in [0.25, 0.3) is 0 Å². The Hall–Kier alpha value is 0.200. The molecule has 0 radical (unpaired) electrons. The topological polar surface area (TPSA) is 29.3 Å². The van der Waals surface area contributed by atoms with Gasteiger partial charge in [-0.05, 0) is 24.9 Å². The summed E-state index contributed by atoms with van der Waals surface area (Å²) in [5.74, 6) is 0. The van der Waals surface area contributed by atoms with Gasteiger partial charge < -0.3 is 5.73 Å². The SMILES string of the molecule is CC(CN)N(C)Cc1csc(Cl)c1Cl. The molecule has 80 valence electrons. The number of halogens is 2. The van der Waals surface area contributed by atoms with E-state index < -0.39 is 0 Å². The van der Waals surface area contributed by atoms with Crippen LogP contribution in [0, 0.1) is 0 Å². The van der Waals surface area contributed by atoms with Crippen LogP contribution < -0.4 is 5.73 Å². The number of rotatable bonds is 4. The molecule has 2 N–H and O–H groups in total. The summed E-state index contributed by atoms with van der Waals surface area (Å²) in [7, 11) is 2.03. The summed E-state index contributed by atoms with van der Waals surface area (Å²) in [4.78, 5) is 2.16.